The van der Waals surface area contributed by atoms with Crippen molar-refractivity contribution in [3.63, 3.8) is 0 Å². The normalized spacial score (nSPS) is 20.7. The van der Waals surface area contributed by atoms with Crippen LogP contribution in [0.5, 0.6) is 0 Å². The molecular formula is C18H16FN3O2. The molecule has 4 rings (SSSR count). The fourth-order valence-corrected chi connectivity index (χ4v) is 3.26. The minimum atomic E-state index is -0.518. The second-order valence-electron chi connectivity index (χ2n) is 5.99. The zero-order valence-electron chi connectivity index (χ0n) is 12.8. The predicted molar refractivity (Wildman–Crippen MR) is 88.6 cm³/mol. The molecule has 1 fully saturated rings. The maximum Gasteiger partial charge on any atom is 0.259 e. The van der Waals surface area contributed by atoms with Gasteiger partial charge in [-0.05, 0) is 36.2 Å². The largest absolute Gasteiger partial charge is 0.391 e. The summed E-state index contributed by atoms with van der Waals surface area (Å²) in [5.74, 6) is 0.225. The molecule has 0 spiro atoms. The van der Waals surface area contributed by atoms with Crippen LogP contribution in [0, 0.1) is 5.82 Å². The standard InChI is InChI=1S/C18H16FN3O2/c19-13-6-4-12(5-7-13)15-9-14(23)11-22(15)17-10-18(24)21-8-2-1-3-16(21)20-17/h1-8,10,14-15,23H,9,11H2. The number of rotatable bonds is 2. The molecular weight excluding hydrogens is 309 g/mol. The van der Waals surface area contributed by atoms with Gasteiger partial charge in [0.15, 0.2) is 0 Å². The minimum Gasteiger partial charge on any atom is -0.391 e. The fraction of sp³-hybridized carbons (Fsp3) is 0.222. The lowest BCUT2D eigenvalue weighted by Gasteiger charge is -2.25. The third-order valence-electron chi connectivity index (χ3n) is 4.39. The third-order valence-corrected chi connectivity index (χ3v) is 4.39. The van der Waals surface area contributed by atoms with Crippen molar-refractivity contribution in [1.82, 2.24) is 9.38 Å². The molecule has 2 unspecified atom stereocenters. The first-order valence-electron chi connectivity index (χ1n) is 7.80. The van der Waals surface area contributed by atoms with Gasteiger partial charge in [0, 0.05) is 18.8 Å². The van der Waals surface area contributed by atoms with Gasteiger partial charge in [0.25, 0.3) is 5.56 Å². The van der Waals surface area contributed by atoms with Crippen LogP contribution in [0.3, 0.4) is 0 Å². The molecule has 1 aliphatic heterocycles. The first kappa shape index (κ1) is 14.8. The molecule has 122 valence electrons. The summed E-state index contributed by atoms with van der Waals surface area (Å²) in [5, 5.41) is 10.1. The number of hydrogen-bond acceptors (Lipinski definition) is 4. The number of benzene rings is 1. The van der Waals surface area contributed by atoms with E-state index < -0.39 is 6.10 Å². The Morgan fingerprint density at radius 3 is 2.75 bits per heavy atom. The Balaban J connectivity index is 1.79. The topological polar surface area (TPSA) is 57.8 Å². The Morgan fingerprint density at radius 2 is 1.96 bits per heavy atom. The van der Waals surface area contributed by atoms with Crippen LogP contribution in [-0.2, 0) is 0 Å². The lowest BCUT2D eigenvalue weighted by molar-refractivity contribution is 0.194. The summed E-state index contributed by atoms with van der Waals surface area (Å²) < 4.78 is 14.7. The van der Waals surface area contributed by atoms with Crippen LogP contribution in [0.2, 0.25) is 0 Å². The van der Waals surface area contributed by atoms with Gasteiger partial charge >= 0.3 is 0 Å². The second-order valence-corrected chi connectivity index (χ2v) is 5.99. The van der Waals surface area contributed by atoms with Gasteiger partial charge in [0.2, 0.25) is 0 Å². The molecule has 0 radical (unpaired) electrons. The van der Waals surface area contributed by atoms with Gasteiger partial charge in [-0.2, -0.15) is 0 Å². The molecule has 1 saturated heterocycles. The number of aliphatic hydroxyl groups is 1. The summed E-state index contributed by atoms with van der Waals surface area (Å²) in [4.78, 5) is 18.8. The highest BCUT2D eigenvalue weighted by molar-refractivity contribution is 5.51. The highest BCUT2D eigenvalue weighted by Crippen LogP contribution is 2.35. The van der Waals surface area contributed by atoms with Crippen molar-refractivity contribution in [2.45, 2.75) is 18.6 Å². The Hall–Kier alpha value is -2.73. The lowest BCUT2D eigenvalue weighted by Crippen LogP contribution is -2.27. The Kier molecular flexibility index (Phi) is 3.54. The molecule has 1 aromatic carbocycles. The van der Waals surface area contributed by atoms with Crippen molar-refractivity contribution in [3.05, 3.63) is 76.5 Å². The zero-order valence-corrected chi connectivity index (χ0v) is 12.8. The van der Waals surface area contributed by atoms with Gasteiger partial charge in [-0.3, -0.25) is 9.20 Å². The van der Waals surface area contributed by atoms with E-state index in [0.717, 1.165) is 5.56 Å². The molecule has 1 aliphatic rings. The van der Waals surface area contributed by atoms with E-state index >= 15 is 0 Å². The molecule has 24 heavy (non-hydrogen) atoms. The first-order valence-corrected chi connectivity index (χ1v) is 7.80. The smallest absolute Gasteiger partial charge is 0.259 e. The summed E-state index contributed by atoms with van der Waals surface area (Å²) in [6, 6.07) is 12.9. The number of pyridine rings is 1. The van der Waals surface area contributed by atoms with E-state index in [2.05, 4.69) is 4.98 Å². The monoisotopic (exact) mass is 325 g/mol. The summed E-state index contributed by atoms with van der Waals surface area (Å²) in [6.45, 7) is 0.386. The second kappa shape index (κ2) is 5.72. The van der Waals surface area contributed by atoms with Gasteiger partial charge in [0.1, 0.15) is 17.3 Å². The Morgan fingerprint density at radius 1 is 1.17 bits per heavy atom. The van der Waals surface area contributed by atoms with Crippen molar-refractivity contribution < 1.29 is 9.50 Å². The number of anilines is 1. The molecule has 5 nitrogen and oxygen atoms in total. The van der Waals surface area contributed by atoms with Crippen LogP contribution in [0.15, 0.2) is 59.5 Å². The minimum absolute atomic E-state index is 0.140. The van der Waals surface area contributed by atoms with E-state index in [1.807, 2.05) is 11.0 Å². The van der Waals surface area contributed by atoms with Gasteiger partial charge in [0.05, 0.1) is 12.1 Å². The van der Waals surface area contributed by atoms with E-state index in [1.165, 1.54) is 22.6 Å². The zero-order chi connectivity index (χ0) is 16.7. The van der Waals surface area contributed by atoms with E-state index in [-0.39, 0.29) is 17.4 Å². The van der Waals surface area contributed by atoms with Crippen molar-refractivity contribution in [1.29, 1.82) is 0 Å². The number of aliphatic hydroxyl groups excluding tert-OH is 1. The summed E-state index contributed by atoms with van der Waals surface area (Å²) in [6.07, 6.45) is 1.67. The molecule has 1 N–H and O–H groups in total. The van der Waals surface area contributed by atoms with Crippen molar-refractivity contribution in [2.24, 2.45) is 0 Å². The van der Waals surface area contributed by atoms with Crippen molar-refractivity contribution in [2.75, 3.05) is 11.4 Å². The van der Waals surface area contributed by atoms with Crippen LogP contribution >= 0.6 is 0 Å². The molecule has 2 atom stereocenters. The average Bonchev–Trinajstić information content (AvgIpc) is 2.97. The van der Waals surface area contributed by atoms with Crippen LogP contribution in [0.4, 0.5) is 10.2 Å². The van der Waals surface area contributed by atoms with E-state index in [0.29, 0.717) is 24.4 Å². The molecule has 2 aromatic heterocycles. The average molecular weight is 325 g/mol. The maximum atomic E-state index is 13.2. The molecule has 3 aromatic rings. The number of nitrogens with zero attached hydrogens (tertiary/aromatic N) is 3. The molecule has 3 heterocycles. The molecule has 6 heteroatoms. The van der Waals surface area contributed by atoms with E-state index in [4.69, 9.17) is 0 Å². The summed E-state index contributed by atoms with van der Waals surface area (Å²) in [5.41, 5.74) is 1.28. The summed E-state index contributed by atoms with van der Waals surface area (Å²) in [7, 11) is 0. The van der Waals surface area contributed by atoms with Gasteiger partial charge in [-0.1, -0.05) is 18.2 Å². The van der Waals surface area contributed by atoms with E-state index in [9.17, 15) is 14.3 Å². The first-order chi connectivity index (χ1) is 11.6. The fourth-order valence-electron chi connectivity index (χ4n) is 3.26. The van der Waals surface area contributed by atoms with Crippen molar-refractivity contribution >= 4 is 11.5 Å². The summed E-state index contributed by atoms with van der Waals surface area (Å²) >= 11 is 0. The molecule has 0 amide bonds. The SMILES string of the molecule is O=c1cc(N2CC(O)CC2c2ccc(F)cc2)nc2ccccn12. The number of hydrogen-bond donors (Lipinski definition) is 1. The number of halogens is 1. The maximum absolute atomic E-state index is 13.2. The van der Waals surface area contributed by atoms with Gasteiger partial charge in [-0.15, -0.1) is 0 Å². The highest BCUT2D eigenvalue weighted by Gasteiger charge is 2.33. The number of fused-ring (bicyclic) bond motifs is 1. The van der Waals surface area contributed by atoms with Gasteiger partial charge in [-0.25, -0.2) is 9.37 Å². The molecule has 0 aliphatic carbocycles. The third kappa shape index (κ3) is 2.55. The van der Waals surface area contributed by atoms with Gasteiger partial charge < -0.3 is 10.0 Å². The lowest BCUT2D eigenvalue weighted by atomic mass is 10.0. The van der Waals surface area contributed by atoms with Crippen molar-refractivity contribution in [3.8, 4) is 0 Å². The van der Waals surface area contributed by atoms with E-state index in [1.54, 1.807) is 30.5 Å². The van der Waals surface area contributed by atoms with Crippen LogP contribution < -0.4 is 10.5 Å². The van der Waals surface area contributed by atoms with Crippen LogP contribution in [0.1, 0.15) is 18.0 Å². The Bertz CT molecular complexity index is 939. The molecule has 0 saturated carbocycles. The van der Waals surface area contributed by atoms with Crippen LogP contribution in [0.25, 0.3) is 5.65 Å². The number of aromatic nitrogens is 2. The predicted octanol–water partition coefficient (Wildman–Crippen LogP) is 2.15. The highest BCUT2D eigenvalue weighted by atomic mass is 19.1. The van der Waals surface area contributed by atoms with Crippen LogP contribution in [-0.4, -0.2) is 27.1 Å². The Labute approximate surface area is 137 Å². The quantitative estimate of drug-likeness (QED) is 0.784. The molecule has 0 bridgehead atoms. The number of β-amino-alcohol motifs (C(OH)–C–C–N with tert-alkyl or cyclic N) is 1.